The van der Waals surface area contributed by atoms with Crippen LogP contribution in [-0.4, -0.2) is 24.0 Å². The molecule has 64 valence electrons. The highest BCUT2D eigenvalue weighted by Crippen LogP contribution is 2.24. The van der Waals surface area contributed by atoms with Gasteiger partial charge in [-0.2, -0.15) is 0 Å². The number of nitrogens with zero attached hydrogens (tertiary/aromatic N) is 1. The molecule has 1 saturated heterocycles. The Hall–Kier alpha value is -0.730. The molecule has 0 spiro atoms. The minimum Gasteiger partial charge on any atom is -0.351 e. The van der Waals surface area contributed by atoms with Gasteiger partial charge >= 0.3 is 6.03 Å². The van der Waals surface area contributed by atoms with Crippen molar-refractivity contribution >= 4 is 6.03 Å². The zero-order valence-electron chi connectivity index (χ0n) is 7.21. The summed E-state index contributed by atoms with van der Waals surface area (Å²) in [7, 11) is 0. The Balaban J connectivity index is 2.49. The zero-order chi connectivity index (χ0) is 8.43. The summed E-state index contributed by atoms with van der Waals surface area (Å²) in [5, 5.41) is 0. The number of rotatable bonds is 1. The highest BCUT2D eigenvalue weighted by atomic mass is 16.2. The van der Waals surface area contributed by atoms with E-state index in [9.17, 15) is 4.79 Å². The maximum Gasteiger partial charge on any atom is 0.314 e. The molecule has 3 nitrogen and oxygen atoms in total. The predicted molar refractivity (Wildman–Crippen MR) is 44.1 cm³/mol. The molecular formula is C8H16N2O. The second-order valence-electron chi connectivity index (χ2n) is 3.39. The van der Waals surface area contributed by atoms with Crippen LogP contribution < -0.4 is 5.73 Å². The van der Waals surface area contributed by atoms with E-state index in [1.807, 2.05) is 0 Å². The van der Waals surface area contributed by atoms with Gasteiger partial charge in [0.05, 0.1) is 0 Å². The lowest BCUT2D eigenvalue weighted by Crippen LogP contribution is -2.33. The highest BCUT2D eigenvalue weighted by molar-refractivity contribution is 5.72. The second kappa shape index (κ2) is 3.11. The van der Waals surface area contributed by atoms with E-state index < -0.39 is 0 Å². The summed E-state index contributed by atoms with van der Waals surface area (Å²) in [6.07, 6.45) is 1.14. The van der Waals surface area contributed by atoms with Crippen LogP contribution in [0.15, 0.2) is 0 Å². The van der Waals surface area contributed by atoms with E-state index in [4.69, 9.17) is 5.73 Å². The minimum atomic E-state index is -0.271. The van der Waals surface area contributed by atoms with Crippen LogP contribution in [0.4, 0.5) is 4.79 Å². The first-order valence-electron chi connectivity index (χ1n) is 4.19. The molecule has 2 amide bonds. The molecule has 2 N–H and O–H groups in total. The monoisotopic (exact) mass is 156 g/mol. The molecule has 1 aliphatic rings. The first-order valence-corrected chi connectivity index (χ1v) is 4.19. The van der Waals surface area contributed by atoms with Gasteiger partial charge < -0.3 is 10.6 Å². The topological polar surface area (TPSA) is 46.3 Å². The Morgan fingerprint density at radius 3 is 2.55 bits per heavy atom. The van der Waals surface area contributed by atoms with Crippen molar-refractivity contribution in [2.75, 3.05) is 13.1 Å². The molecule has 0 saturated carbocycles. The number of carbonyl (C=O) groups is 1. The lowest BCUT2D eigenvalue weighted by Gasteiger charge is -2.11. The van der Waals surface area contributed by atoms with Crippen molar-refractivity contribution in [3.05, 3.63) is 0 Å². The number of nitrogens with two attached hydrogens (primary N) is 1. The van der Waals surface area contributed by atoms with E-state index in [1.54, 1.807) is 4.90 Å². The third-order valence-corrected chi connectivity index (χ3v) is 2.60. The average Bonchev–Trinajstić information content (AvgIpc) is 2.31. The van der Waals surface area contributed by atoms with Crippen LogP contribution in [0.25, 0.3) is 0 Å². The maximum atomic E-state index is 10.8. The third-order valence-electron chi connectivity index (χ3n) is 2.60. The van der Waals surface area contributed by atoms with Crippen LogP contribution in [0, 0.1) is 11.8 Å². The lowest BCUT2D eigenvalue weighted by molar-refractivity contribution is 0.216. The van der Waals surface area contributed by atoms with Crippen molar-refractivity contribution in [3.8, 4) is 0 Å². The van der Waals surface area contributed by atoms with Crippen LogP contribution >= 0.6 is 0 Å². The number of hydrogen-bond donors (Lipinski definition) is 1. The van der Waals surface area contributed by atoms with Crippen molar-refractivity contribution in [1.82, 2.24) is 4.90 Å². The van der Waals surface area contributed by atoms with Crippen LogP contribution in [-0.2, 0) is 0 Å². The number of urea groups is 1. The van der Waals surface area contributed by atoms with Gasteiger partial charge in [-0.3, -0.25) is 0 Å². The van der Waals surface area contributed by atoms with E-state index in [0.717, 1.165) is 19.5 Å². The summed E-state index contributed by atoms with van der Waals surface area (Å²) in [4.78, 5) is 12.5. The fourth-order valence-electron chi connectivity index (χ4n) is 1.75. The number of primary amides is 1. The summed E-state index contributed by atoms with van der Waals surface area (Å²) in [6, 6.07) is -0.271. The van der Waals surface area contributed by atoms with Crippen molar-refractivity contribution in [2.24, 2.45) is 17.6 Å². The van der Waals surface area contributed by atoms with E-state index in [2.05, 4.69) is 13.8 Å². The Bertz CT molecular complexity index is 158. The molecule has 2 atom stereocenters. The molecule has 1 fully saturated rings. The van der Waals surface area contributed by atoms with Gasteiger partial charge in [-0.1, -0.05) is 20.3 Å². The Morgan fingerprint density at radius 1 is 1.64 bits per heavy atom. The molecule has 0 unspecified atom stereocenters. The SMILES string of the molecule is CC[C@H]1CN(C(N)=O)C[C@H]1C. The molecule has 1 rings (SSSR count). The quantitative estimate of drug-likeness (QED) is 0.606. The smallest absolute Gasteiger partial charge is 0.314 e. The van der Waals surface area contributed by atoms with Gasteiger partial charge in [0, 0.05) is 13.1 Å². The van der Waals surface area contributed by atoms with Crippen LogP contribution in [0.2, 0.25) is 0 Å². The van der Waals surface area contributed by atoms with Gasteiger partial charge in [-0.05, 0) is 11.8 Å². The average molecular weight is 156 g/mol. The second-order valence-corrected chi connectivity index (χ2v) is 3.39. The molecular weight excluding hydrogens is 140 g/mol. The molecule has 11 heavy (non-hydrogen) atoms. The van der Waals surface area contributed by atoms with Gasteiger partial charge in [-0.15, -0.1) is 0 Å². The van der Waals surface area contributed by atoms with Crippen LogP contribution in [0.5, 0.6) is 0 Å². The van der Waals surface area contributed by atoms with E-state index in [0.29, 0.717) is 11.8 Å². The van der Waals surface area contributed by atoms with E-state index >= 15 is 0 Å². The van der Waals surface area contributed by atoms with Crippen LogP contribution in [0.1, 0.15) is 20.3 Å². The number of hydrogen-bond acceptors (Lipinski definition) is 1. The fourth-order valence-corrected chi connectivity index (χ4v) is 1.75. The maximum absolute atomic E-state index is 10.8. The molecule has 0 radical (unpaired) electrons. The van der Waals surface area contributed by atoms with E-state index in [-0.39, 0.29) is 6.03 Å². The molecule has 0 aromatic heterocycles. The van der Waals surface area contributed by atoms with Gasteiger partial charge in [0.2, 0.25) is 0 Å². The van der Waals surface area contributed by atoms with Crippen molar-refractivity contribution in [2.45, 2.75) is 20.3 Å². The van der Waals surface area contributed by atoms with Gasteiger partial charge in [0.1, 0.15) is 0 Å². The van der Waals surface area contributed by atoms with Crippen molar-refractivity contribution in [3.63, 3.8) is 0 Å². The minimum absolute atomic E-state index is 0.271. The van der Waals surface area contributed by atoms with Gasteiger partial charge in [0.25, 0.3) is 0 Å². The molecule has 0 aromatic carbocycles. The largest absolute Gasteiger partial charge is 0.351 e. The normalized spacial score (nSPS) is 30.9. The Labute approximate surface area is 67.5 Å². The third kappa shape index (κ3) is 1.64. The number of likely N-dealkylation sites (tertiary alicyclic amines) is 1. The lowest BCUT2D eigenvalue weighted by atomic mass is 9.96. The highest BCUT2D eigenvalue weighted by Gasteiger charge is 2.29. The van der Waals surface area contributed by atoms with Crippen molar-refractivity contribution in [1.29, 1.82) is 0 Å². The standard InChI is InChI=1S/C8H16N2O/c1-3-7-5-10(8(9)11)4-6(7)2/h6-7H,3-5H2,1-2H3,(H2,9,11)/t6-,7+/m1/s1. The first-order chi connectivity index (χ1) is 5.15. The van der Waals surface area contributed by atoms with Gasteiger partial charge in [0.15, 0.2) is 0 Å². The zero-order valence-corrected chi connectivity index (χ0v) is 7.21. The Morgan fingerprint density at radius 2 is 2.27 bits per heavy atom. The van der Waals surface area contributed by atoms with Gasteiger partial charge in [-0.25, -0.2) is 4.79 Å². The van der Waals surface area contributed by atoms with Crippen molar-refractivity contribution < 1.29 is 4.79 Å². The fraction of sp³-hybridized carbons (Fsp3) is 0.875. The first kappa shape index (κ1) is 8.37. The predicted octanol–water partition coefficient (Wildman–Crippen LogP) is 1.04. The number of carbonyl (C=O) groups excluding carboxylic acids is 1. The molecule has 0 bridgehead atoms. The van der Waals surface area contributed by atoms with Crippen LogP contribution in [0.3, 0.4) is 0 Å². The molecule has 1 aliphatic heterocycles. The Kier molecular flexibility index (Phi) is 2.37. The summed E-state index contributed by atoms with van der Waals surface area (Å²) in [5.41, 5.74) is 5.16. The summed E-state index contributed by atoms with van der Waals surface area (Å²) >= 11 is 0. The molecule has 0 aliphatic carbocycles. The number of amides is 2. The molecule has 3 heteroatoms. The summed E-state index contributed by atoms with van der Waals surface area (Å²) < 4.78 is 0. The summed E-state index contributed by atoms with van der Waals surface area (Å²) in [5.74, 6) is 1.27. The molecule has 0 aromatic rings. The van der Waals surface area contributed by atoms with E-state index in [1.165, 1.54) is 0 Å². The summed E-state index contributed by atoms with van der Waals surface area (Å²) in [6.45, 7) is 6.03. The molecule has 1 heterocycles.